The Bertz CT molecular complexity index is 1100. The molecule has 184 valence electrons. The Hall–Kier alpha value is -2.42. The van der Waals surface area contributed by atoms with E-state index in [2.05, 4.69) is 5.32 Å². The van der Waals surface area contributed by atoms with Crippen molar-refractivity contribution < 1.29 is 18.0 Å². The average molecular weight is 506 g/mol. The third-order valence-electron chi connectivity index (χ3n) is 6.22. The molecule has 0 radical (unpaired) electrons. The van der Waals surface area contributed by atoms with Gasteiger partial charge < -0.3 is 10.2 Å². The molecule has 1 aliphatic rings. The van der Waals surface area contributed by atoms with Crippen molar-refractivity contribution in [3.8, 4) is 0 Å². The van der Waals surface area contributed by atoms with Crippen LogP contribution in [0.5, 0.6) is 0 Å². The highest BCUT2D eigenvalue weighted by molar-refractivity contribution is 7.89. The van der Waals surface area contributed by atoms with Gasteiger partial charge in [0.05, 0.1) is 11.4 Å². The minimum Gasteiger partial charge on any atom is -0.352 e. The molecule has 9 heteroatoms. The minimum atomic E-state index is -3.90. The van der Waals surface area contributed by atoms with Crippen LogP contribution < -0.4 is 5.32 Å². The van der Waals surface area contributed by atoms with Gasteiger partial charge in [-0.15, -0.1) is 0 Å². The number of carbonyl (C=O) groups is 2. The zero-order valence-corrected chi connectivity index (χ0v) is 21.4. The van der Waals surface area contributed by atoms with Crippen LogP contribution in [0, 0.1) is 6.92 Å². The molecule has 2 aromatic rings. The first-order valence-electron chi connectivity index (χ1n) is 11.4. The van der Waals surface area contributed by atoms with Gasteiger partial charge in [0.1, 0.15) is 6.04 Å². The largest absolute Gasteiger partial charge is 0.352 e. The van der Waals surface area contributed by atoms with E-state index >= 15 is 0 Å². The highest BCUT2D eigenvalue weighted by atomic mass is 35.5. The maximum absolute atomic E-state index is 13.4. The number of benzene rings is 2. The third kappa shape index (κ3) is 6.58. The van der Waals surface area contributed by atoms with Crippen LogP contribution in [0.1, 0.15) is 43.7 Å². The lowest BCUT2D eigenvalue weighted by molar-refractivity contribution is -0.140. The molecule has 7 nitrogen and oxygen atoms in total. The van der Waals surface area contributed by atoms with Gasteiger partial charge in [0.15, 0.2) is 0 Å². The van der Waals surface area contributed by atoms with Crippen molar-refractivity contribution >= 4 is 33.4 Å². The number of nitrogens with zero attached hydrogens (tertiary/aromatic N) is 2. The van der Waals surface area contributed by atoms with E-state index in [1.54, 1.807) is 6.92 Å². The van der Waals surface area contributed by atoms with Crippen LogP contribution in [0.2, 0.25) is 5.02 Å². The molecule has 0 aliphatic heterocycles. The summed E-state index contributed by atoms with van der Waals surface area (Å²) in [7, 11) is -2.54. The molecule has 0 bridgehead atoms. The van der Waals surface area contributed by atoms with Gasteiger partial charge in [0.25, 0.3) is 0 Å². The molecule has 2 aromatic carbocycles. The van der Waals surface area contributed by atoms with Gasteiger partial charge in [0.2, 0.25) is 21.8 Å². The van der Waals surface area contributed by atoms with Gasteiger partial charge >= 0.3 is 0 Å². The average Bonchev–Trinajstić information content (AvgIpc) is 3.31. The number of likely N-dealkylation sites (N-methyl/N-ethyl adjacent to an activating group) is 1. The fraction of sp³-hybridized carbons (Fsp3) is 0.440. The topological polar surface area (TPSA) is 86.8 Å². The Morgan fingerprint density at radius 2 is 1.65 bits per heavy atom. The molecule has 1 aliphatic carbocycles. The van der Waals surface area contributed by atoms with Crippen LogP contribution in [-0.4, -0.2) is 55.1 Å². The molecule has 3 rings (SSSR count). The molecular weight excluding hydrogens is 474 g/mol. The predicted molar refractivity (Wildman–Crippen MR) is 133 cm³/mol. The normalized spacial score (nSPS) is 15.3. The van der Waals surface area contributed by atoms with Gasteiger partial charge in [-0.2, -0.15) is 4.31 Å². The summed E-state index contributed by atoms with van der Waals surface area (Å²) >= 11 is 5.87. The van der Waals surface area contributed by atoms with Crippen molar-refractivity contribution in [2.45, 2.75) is 63.1 Å². The maximum Gasteiger partial charge on any atom is 0.243 e. The Kier molecular flexibility index (Phi) is 8.73. The molecule has 1 N–H and O–H groups in total. The molecule has 1 fully saturated rings. The quantitative estimate of drug-likeness (QED) is 0.562. The lowest BCUT2D eigenvalue weighted by atomic mass is 10.1. The number of rotatable bonds is 9. The summed E-state index contributed by atoms with van der Waals surface area (Å²) in [6.07, 6.45) is 4.04. The highest BCUT2D eigenvalue weighted by Crippen LogP contribution is 2.20. The molecule has 0 heterocycles. The fourth-order valence-electron chi connectivity index (χ4n) is 4.02. The van der Waals surface area contributed by atoms with E-state index in [1.165, 1.54) is 36.2 Å². The van der Waals surface area contributed by atoms with Crippen LogP contribution in [0.25, 0.3) is 0 Å². The Morgan fingerprint density at radius 1 is 1.06 bits per heavy atom. The SMILES string of the molecule is Cc1ccc(CN(C(=O)CN(C)S(=O)(=O)c2ccc(Cl)cc2)[C@H](C)C(=O)NC2CCCC2)cc1. The minimum absolute atomic E-state index is 0.0457. The van der Waals surface area contributed by atoms with Crippen LogP contribution >= 0.6 is 11.6 Å². The van der Waals surface area contributed by atoms with Crippen molar-refractivity contribution in [1.29, 1.82) is 0 Å². The van der Waals surface area contributed by atoms with E-state index in [1.807, 2.05) is 31.2 Å². The number of carbonyl (C=O) groups excluding carboxylic acids is 2. The standard InChI is InChI=1S/C25H32ClN3O4S/c1-18-8-10-20(11-9-18)16-29(19(2)25(31)27-22-6-4-5-7-22)24(30)17-28(3)34(32,33)23-14-12-21(26)13-15-23/h8-15,19,22H,4-7,16-17H2,1-3H3,(H,27,31)/t19-/m1/s1. The number of nitrogens with one attached hydrogen (secondary N) is 1. The molecule has 0 saturated heterocycles. The number of hydrogen-bond acceptors (Lipinski definition) is 4. The lowest BCUT2D eigenvalue weighted by Crippen LogP contribution is -2.52. The van der Waals surface area contributed by atoms with Crippen molar-refractivity contribution in [3.05, 3.63) is 64.7 Å². The summed E-state index contributed by atoms with van der Waals surface area (Å²) in [5, 5.41) is 3.47. The van der Waals surface area contributed by atoms with Gasteiger partial charge in [-0.3, -0.25) is 9.59 Å². The molecule has 1 saturated carbocycles. The number of sulfonamides is 1. The van der Waals surface area contributed by atoms with Crippen molar-refractivity contribution in [3.63, 3.8) is 0 Å². The third-order valence-corrected chi connectivity index (χ3v) is 8.29. The molecule has 0 spiro atoms. The summed E-state index contributed by atoms with van der Waals surface area (Å²) in [5.74, 6) is -0.676. The first-order chi connectivity index (χ1) is 16.1. The van der Waals surface area contributed by atoms with E-state index < -0.39 is 28.5 Å². The molecule has 1 atom stereocenters. The van der Waals surface area contributed by atoms with Gasteiger partial charge in [0, 0.05) is 24.7 Å². The molecule has 2 amide bonds. The first-order valence-corrected chi connectivity index (χ1v) is 13.3. The Morgan fingerprint density at radius 3 is 2.24 bits per heavy atom. The van der Waals surface area contributed by atoms with Gasteiger partial charge in [-0.25, -0.2) is 8.42 Å². The van der Waals surface area contributed by atoms with E-state index in [4.69, 9.17) is 11.6 Å². The second-order valence-corrected chi connectivity index (χ2v) is 11.4. The summed E-state index contributed by atoms with van der Waals surface area (Å²) in [5.41, 5.74) is 1.95. The van der Waals surface area contributed by atoms with Crippen LogP contribution in [-0.2, 0) is 26.2 Å². The van der Waals surface area contributed by atoms with Crippen molar-refractivity contribution in [2.75, 3.05) is 13.6 Å². The van der Waals surface area contributed by atoms with Gasteiger partial charge in [-0.1, -0.05) is 54.3 Å². The first kappa shape index (κ1) is 26.2. The van der Waals surface area contributed by atoms with Crippen molar-refractivity contribution in [2.24, 2.45) is 0 Å². The van der Waals surface area contributed by atoms with Crippen LogP contribution in [0.15, 0.2) is 53.4 Å². The fourth-order valence-corrected chi connectivity index (χ4v) is 5.26. The monoisotopic (exact) mass is 505 g/mol. The van der Waals surface area contributed by atoms with E-state index in [0.29, 0.717) is 5.02 Å². The molecule has 34 heavy (non-hydrogen) atoms. The van der Waals surface area contributed by atoms with E-state index in [9.17, 15) is 18.0 Å². The summed E-state index contributed by atoms with van der Waals surface area (Å²) in [4.78, 5) is 27.8. The zero-order valence-electron chi connectivity index (χ0n) is 19.8. The number of amides is 2. The van der Waals surface area contributed by atoms with Crippen LogP contribution in [0.4, 0.5) is 0 Å². The summed E-state index contributed by atoms with van der Waals surface area (Å²) < 4.78 is 26.9. The Balaban J connectivity index is 1.78. The highest BCUT2D eigenvalue weighted by Gasteiger charge is 2.31. The summed E-state index contributed by atoms with van der Waals surface area (Å²) in [6.45, 7) is 3.47. The molecule has 0 aromatic heterocycles. The second-order valence-electron chi connectivity index (χ2n) is 8.89. The zero-order chi connectivity index (χ0) is 24.9. The Labute approximate surface area is 207 Å². The maximum atomic E-state index is 13.4. The predicted octanol–water partition coefficient (Wildman–Crippen LogP) is 3.75. The summed E-state index contributed by atoms with van der Waals surface area (Å²) in [6, 6.07) is 12.9. The molecule has 0 unspecified atom stereocenters. The van der Waals surface area contributed by atoms with Crippen molar-refractivity contribution in [1.82, 2.24) is 14.5 Å². The molecular formula is C25H32ClN3O4S. The lowest BCUT2D eigenvalue weighted by Gasteiger charge is -2.31. The van der Waals surface area contributed by atoms with E-state index in [0.717, 1.165) is 41.1 Å². The smallest absolute Gasteiger partial charge is 0.243 e. The van der Waals surface area contributed by atoms with Gasteiger partial charge in [-0.05, 0) is 56.5 Å². The number of aryl methyl sites for hydroxylation is 1. The second kappa shape index (κ2) is 11.3. The van der Waals surface area contributed by atoms with Crippen LogP contribution in [0.3, 0.4) is 0 Å². The number of hydrogen-bond donors (Lipinski definition) is 1. The number of halogens is 1. The van der Waals surface area contributed by atoms with E-state index in [-0.39, 0.29) is 23.4 Å².